The second kappa shape index (κ2) is 7.66. The molecule has 7 nitrogen and oxygen atoms in total. The van der Waals surface area contributed by atoms with Crippen LogP contribution in [0.5, 0.6) is 0 Å². The van der Waals surface area contributed by atoms with E-state index in [1.807, 2.05) is 28.9 Å². The van der Waals surface area contributed by atoms with Crippen molar-refractivity contribution in [3.63, 3.8) is 0 Å². The first kappa shape index (κ1) is 18.5. The molecule has 2 aromatic rings. The van der Waals surface area contributed by atoms with Gasteiger partial charge >= 0.3 is 0 Å². The Hall–Kier alpha value is -2.83. The number of hydrogen-bond donors (Lipinski definition) is 0. The monoisotopic (exact) mass is 379 g/mol. The molecule has 0 aliphatic carbocycles. The third kappa shape index (κ3) is 3.88. The zero-order valence-electron chi connectivity index (χ0n) is 16.2. The van der Waals surface area contributed by atoms with E-state index in [1.165, 1.54) is 0 Å². The lowest BCUT2D eigenvalue weighted by Gasteiger charge is -2.48. The first-order valence-electron chi connectivity index (χ1n) is 9.79. The lowest BCUT2D eigenvalue weighted by Crippen LogP contribution is -2.54. The molecule has 0 unspecified atom stereocenters. The molecule has 0 aromatic carbocycles. The van der Waals surface area contributed by atoms with Gasteiger partial charge in [-0.1, -0.05) is 0 Å². The normalized spacial score (nSPS) is 22.5. The zero-order valence-corrected chi connectivity index (χ0v) is 16.2. The molecule has 2 saturated heterocycles. The van der Waals surface area contributed by atoms with E-state index in [-0.39, 0.29) is 17.2 Å². The average Bonchev–Trinajstić information content (AvgIpc) is 2.72. The number of nitrogens with zero attached hydrogens (tertiary/aromatic N) is 5. The Balaban J connectivity index is 1.48. The van der Waals surface area contributed by atoms with Gasteiger partial charge in [0.25, 0.3) is 5.91 Å². The lowest BCUT2D eigenvalue weighted by atomic mass is 9.73. The van der Waals surface area contributed by atoms with E-state index >= 15 is 0 Å². The van der Waals surface area contributed by atoms with Crippen LogP contribution in [0.2, 0.25) is 0 Å². The van der Waals surface area contributed by atoms with E-state index in [9.17, 15) is 9.59 Å². The van der Waals surface area contributed by atoms with Gasteiger partial charge in [0.05, 0.1) is 11.9 Å². The fraction of sp³-hybridized carbons (Fsp3) is 0.476. The highest BCUT2D eigenvalue weighted by molar-refractivity contribution is 5.92. The molecule has 7 heteroatoms. The Bertz CT molecular complexity index is 855. The van der Waals surface area contributed by atoms with Gasteiger partial charge in [-0.3, -0.25) is 19.6 Å². The predicted molar refractivity (Wildman–Crippen MR) is 103 cm³/mol. The van der Waals surface area contributed by atoms with E-state index in [2.05, 4.69) is 15.0 Å². The average molecular weight is 379 g/mol. The van der Waals surface area contributed by atoms with E-state index in [4.69, 9.17) is 0 Å². The molecule has 0 radical (unpaired) electrons. The minimum atomic E-state index is -0.0656. The molecular formula is C21H25N5O2. The van der Waals surface area contributed by atoms with Gasteiger partial charge in [-0.2, -0.15) is 0 Å². The highest BCUT2D eigenvalue weighted by Crippen LogP contribution is 2.39. The highest BCUT2D eigenvalue weighted by atomic mass is 16.2. The molecule has 1 atom stereocenters. The molecule has 4 rings (SSSR count). The molecule has 2 amide bonds. The fourth-order valence-electron chi connectivity index (χ4n) is 4.33. The number of rotatable bonds is 3. The largest absolute Gasteiger partial charge is 0.338 e. The molecule has 0 saturated carbocycles. The maximum Gasteiger partial charge on any atom is 0.274 e. The Labute approximate surface area is 164 Å². The van der Waals surface area contributed by atoms with Gasteiger partial charge in [-0.15, -0.1) is 0 Å². The third-order valence-electron chi connectivity index (χ3n) is 5.82. The van der Waals surface area contributed by atoms with Crippen LogP contribution in [0.15, 0.2) is 36.9 Å². The molecule has 28 heavy (non-hydrogen) atoms. The van der Waals surface area contributed by atoms with Gasteiger partial charge in [0, 0.05) is 56.6 Å². The van der Waals surface area contributed by atoms with E-state index in [0.717, 1.165) is 37.1 Å². The topological polar surface area (TPSA) is 79.3 Å². The SMILES string of the molecule is Cc1cnc(C(=O)N2CCC[C@@]3(CCC(=O)N(Cc4ccncc4)C3)C2)cn1. The van der Waals surface area contributed by atoms with Gasteiger partial charge in [0.1, 0.15) is 5.69 Å². The number of carbonyl (C=O) groups is 2. The summed E-state index contributed by atoms with van der Waals surface area (Å²) in [5.41, 5.74) is 2.24. The van der Waals surface area contributed by atoms with Gasteiger partial charge < -0.3 is 9.80 Å². The standard InChI is InChI=1S/C21H25N5O2/c1-16-11-24-18(12-23-16)20(28)25-10-2-6-21(14-25)7-3-19(27)26(15-21)13-17-4-8-22-9-5-17/h4-5,8-9,11-12H,2-3,6-7,10,13-15H2,1H3/t21-/m1/s1. The molecule has 1 spiro atoms. The second-order valence-corrected chi connectivity index (χ2v) is 7.98. The molecule has 2 aliphatic rings. The number of piperidine rings is 2. The van der Waals surface area contributed by atoms with Crippen molar-refractivity contribution in [2.45, 2.75) is 39.2 Å². The summed E-state index contributed by atoms with van der Waals surface area (Å²) >= 11 is 0. The predicted octanol–water partition coefficient (Wildman–Crippen LogP) is 2.23. The summed E-state index contributed by atoms with van der Waals surface area (Å²) in [6.45, 7) is 4.54. The summed E-state index contributed by atoms with van der Waals surface area (Å²) in [5.74, 6) is 0.124. The van der Waals surface area contributed by atoms with E-state index in [1.54, 1.807) is 24.8 Å². The summed E-state index contributed by atoms with van der Waals surface area (Å²) in [4.78, 5) is 41.7. The Morgan fingerprint density at radius 1 is 1.14 bits per heavy atom. The maximum atomic E-state index is 12.9. The second-order valence-electron chi connectivity index (χ2n) is 7.98. The third-order valence-corrected chi connectivity index (χ3v) is 5.82. The van der Waals surface area contributed by atoms with Crippen molar-refractivity contribution >= 4 is 11.8 Å². The first-order chi connectivity index (χ1) is 13.5. The van der Waals surface area contributed by atoms with Crippen LogP contribution in [0.4, 0.5) is 0 Å². The number of likely N-dealkylation sites (tertiary alicyclic amines) is 2. The number of pyridine rings is 1. The molecule has 2 fully saturated rings. The molecule has 2 aromatic heterocycles. The molecular weight excluding hydrogens is 354 g/mol. The summed E-state index contributed by atoms with van der Waals surface area (Å²) in [6.07, 6.45) is 10.0. The number of carbonyl (C=O) groups excluding carboxylic acids is 2. The van der Waals surface area contributed by atoms with Crippen LogP contribution in [0.1, 0.15) is 47.4 Å². The van der Waals surface area contributed by atoms with Crippen molar-refractivity contribution < 1.29 is 9.59 Å². The quantitative estimate of drug-likeness (QED) is 0.817. The van der Waals surface area contributed by atoms with Gasteiger partial charge in [0.15, 0.2) is 0 Å². The van der Waals surface area contributed by atoms with Crippen LogP contribution in [0.25, 0.3) is 0 Å². The van der Waals surface area contributed by atoms with Crippen LogP contribution < -0.4 is 0 Å². The summed E-state index contributed by atoms with van der Waals surface area (Å²) in [7, 11) is 0. The Morgan fingerprint density at radius 2 is 1.96 bits per heavy atom. The number of hydrogen-bond acceptors (Lipinski definition) is 5. The van der Waals surface area contributed by atoms with Gasteiger partial charge in [0.2, 0.25) is 5.91 Å². The molecule has 0 bridgehead atoms. The van der Waals surface area contributed by atoms with E-state index in [0.29, 0.717) is 31.7 Å². The van der Waals surface area contributed by atoms with Crippen molar-refractivity contribution in [1.82, 2.24) is 24.8 Å². The van der Waals surface area contributed by atoms with Gasteiger partial charge in [-0.25, -0.2) is 4.98 Å². The Morgan fingerprint density at radius 3 is 2.71 bits per heavy atom. The van der Waals surface area contributed by atoms with Crippen LogP contribution in [-0.4, -0.2) is 56.2 Å². The van der Waals surface area contributed by atoms with Crippen molar-refractivity contribution in [2.75, 3.05) is 19.6 Å². The van der Waals surface area contributed by atoms with Crippen molar-refractivity contribution in [1.29, 1.82) is 0 Å². The zero-order chi connectivity index (χ0) is 19.6. The van der Waals surface area contributed by atoms with E-state index < -0.39 is 0 Å². The van der Waals surface area contributed by atoms with Crippen molar-refractivity contribution in [3.05, 3.63) is 53.9 Å². The van der Waals surface area contributed by atoms with Crippen LogP contribution in [0, 0.1) is 12.3 Å². The van der Waals surface area contributed by atoms with Crippen LogP contribution in [0.3, 0.4) is 0 Å². The molecule has 146 valence electrons. The summed E-state index contributed by atoms with van der Waals surface area (Å²) < 4.78 is 0. The molecule has 2 aliphatic heterocycles. The number of amides is 2. The Kier molecular flexibility index (Phi) is 5.07. The maximum absolute atomic E-state index is 12.9. The van der Waals surface area contributed by atoms with Crippen LogP contribution in [-0.2, 0) is 11.3 Å². The minimum Gasteiger partial charge on any atom is -0.338 e. The van der Waals surface area contributed by atoms with Crippen molar-refractivity contribution in [3.8, 4) is 0 Å². The smallest absolute Gasteiger partial charge is 0.274 e. The van der Waals surface area contributed by atoms with Crippen LogP contribution >= 0.6 is 0 Å². The number of aryl methyl sites for hydroxylation is 1. The summed E-state index contributed by atoms with van der Waals surface area (Å²) in [5, 5.41) is 0. The lowest BCUT2D eigenvalue weighted by molar-refractivity contribution is -0.139. The van der Waals surface area contributed by atoms with Crippen molar-refractivity contribution in [2.24, 2.45) is 5.41 Å². The summed E-state index contributed by atoms with van der Waals surface area (Å²) in [6, 6.07) is 3.89. The minimum absolute atomic E-state index is 0.0347. The number of aromatic nitrogens is 3. The molecule has 0 N–H and O–H groups in total. The molecule has 4 heterocycles. The highest BCUT2D eigenvalue weighted by Gasteiger charge is 2.43. The van der Waals surface area contributed by atoms with Gasteiger partial charge in [-0.05, 0) is 43.9 Å². The fourth-order valence-corrected chi connectivity index (χ4v) is 4.33. The first-order valence-corrected chi connectivity index (χ1v) is 9.79.